The largest absolute Gasteiger partial charge is 0.379 e. The molecule has 1 amide bonds. The van der Waals surface area contributed by atoms with Crippen LogP contribution in [0.4, 0.5) is 0 Å². The van der Waals surface area contributed by atoms with Gasteiger partial charge in [-0.25, -0.2) is 0 Å². The number of carbonyl (C=O) groups excluding carboxylic acids is 1. The van der Waals surface area contributed by atoms with E-state index in [4.69, 9.17) is 4.74 Å². The first-order valence-corrected chi connectivity index (χ1v) is 5.44. The Morgan fingerprint density at radius 1 is 1.14 bits per heavy atom. The summed E-state index contributed by atoms with van der Waals surface area (Å²) in [4.78, 5) is 15.7. The predicted octanol–water partition coefficient (Wildman–Crippen LogP) is -0.0590. The molecule has 0 radical (unpaired) electrons. The molecule has 0 unspecified atom stereocenters. The maximum absolute atomic E-state index is 11.3. The summed E-state index contributed by atoms with van der Waals surface area (Å²) in [6.07, 6.45) is 1.80. The molecule has 80 valence electrons. The monoisotopic (exact) mass is 198 g/mol. The predicted molar refractivity (Wildman–Crippen MR) is 53.1 cm³/mol. The third-order valence-electron chi connectivity index (χ3n) is 2.96. The fourth-order valence-electron chi connectivity index (χ4n) is 2.03. The van der Waals surface area contributed by atoms with Gasteiger partial charge in [0.05, 0.1) is 13.2 Å². The molecule has 2 saturated heterocycles. The highest BCUT2D eigenvalue weighted by Gasteiger charge is 2.20. The number of ether oxygens (including phenoxy) is 1. The molecule has 4 nitrogen and oxygen atoms in total. The Kier molecular flexibility index (Phi) is 3.37. The molecule has 4 heteroatoms. The molecule has 0 atom stereocenters. The second kappa shape index (κ2) is 4.75. The molecule has 2 aliphatic heterocycles. The molecule has 0 saturated carbocycles. The topological polar surface area (TPSA) is 32.8 Å². The van der Waals surface area contributed by atoms with Crippen LogP contribution in [0.2, 0.25) is 0 Å². The van der Waals surface area contributed by atoms with E-state index in [2.05, 4.69) is 4.90 Å². The van der Waals surface area contributed by atoms with Crippen LogP contribution in [-0.4, -0.2) is 61.6 Å². The van der Waals surface area contributed by atoms with Crippen molar-refractivity contribution in [1.29, 1.82) is 0 Å². The first kappa shape index (κ1) is 9.93. The molecule has 0 spiro atoms. The summed E-state index contributed by atoms with van der Waals surface area (Å²) in [6, 6.07) is 0. The van der Waals surface area contributed by atoms with Gasteiger partial charge in [-0.2, -0.15) is 0 Å². The minimum Gasteiger partial charge on any atom is -0.379 e. The van der Waals surface area contributed by atoms with E-state index in [0.29, 0.717) is 5.91 Å². The number of morpholine rings is 1. The van der Waals surface area contributed by atoms with Crippen molar-refractivity contribution in [3.05, 3.63) is 0 Å². The van der Waals surface area contributed by atoms with Crippen LogP contribution in [0.3, 0.4) is 0 Å². The van der Waals surface area contributed by atoms with E-state index in [9.17, 15) is 4.79 Å². The standard InChI is InChI=1S/C10H18N2O2/c13-10-2-1-3-12(10)5-4-11-6-8-14-9-7-11/h1-9H2. The third-order valence-corrected chi connectivity index (χ3v) is 2.96. The molecule has 0 N–H and O–H groups in total. The highest BCUT2D eigenvalue weighted by Crippen LogP contribution is 2.09. The van der Waals surface area contributed by atoms with E-state index in [-0.39, 0.29) is 0 Å². The van der Waals surface area contributed by atoms with E-state index >= 15 is 0 Å². The van der Waals surface area contributed by atoms with Gasteiger partial charge in [0, 0.05) is 39.1 Å². The molecule has 2 heterocycles. The quantitative estimate of drug-likeness (QED) is 0.637. The fourth-order valence-corrected chi connectivity index (χ4v) is 2.03. The molecular formula is C10H18N2O2. The van der Waals surface area contributed by atoms with Crippen LogP contribution in [0.25, 0.3) is 0 Å². The van der Waals surface area contributed by atoms with Gasteiger partial charge in [0.25, 0.3) is 0 Å². The van der Waals surface area contributed by atoms with Gasteiger partial charge < -0.3 is 9.64 Å². The van der Waals surface area contributed by atoms with Gasteiger partial charge in [-0.1, -0.05) is 0 Å². The Morgan fingerprint density at radius 3 is 2.57 bits per heavy atom. The summed E-state index contributed by atoms with van der Waals surface area (Å²) in [5, 5.41) is 0. The van der Waals surface area contributed by atoms with Crippen molar-refractivity contribution in [2.24, 2.45) is 0 Å². The van der Waals surface area contributed by atoms with Crippen molar-refractivity contribution in [1.82, 2.24) is 9.80 Å². The smallest absolute Gasteiger partial charge is 0.222 e. The van der Waals surface area contributed by atoms with Gasteiger partial charge in [0.2, 0.25) is 5.91 Å². The average molecular weight is 198 g/mol. The van der Waals surface area contributed by atoms with Crippen LogP contribution >= 0.6 is 0 Å². The number of carbonyl (C=O) groups is 1. The highest BCUT2D eigenvalue weighted by molar-refractivity contribution is 5.78. The Hall–Kier alpha value is -0.610. The van der Waals surface area contributed by atoms with Crippen LogP contribution in [-0.2, 0) is 9.53 Å². The Bertz CT molecular complexity index is 202. The van der Waals surface area contributed by atoms with E-state index in [1.807, 2.05) is 4.90 Å². The molecule has 0 aromatic rings. The molecule has 0 aliphatic carbocycles. The van der Waals surface area contributed by atoms with E-state index in [1.165, 1.54) is 0 Å². The van der Waals surface area contributed by atoms with Crippen LogP contribution in [0.1, 0.15) is 12.8 Å². The molecule has 0 aromatic heterocycles. The van der Waals surface area contributed by atoms with Crippen molar-refractivity contribution in [2.75, 3.05) is 45.9 Å². The molecule has 0 aromatic carbocycles. The number of hydrogen-bond acceptors (Lipinski definition) is 3. The van der Waals surface area contributed by atoms with Gasteiger partial charge >= 0.3 is 0 Å². The molecule has 0 bridgehead atoms. The van der Waals surface area contributed by atoms with Crippen LogP contribution in [0.5, 0.6) is 0 Å². The minimum atomic E-state index is 0.332. The summed E-state index contributed by atoms with van der Waals surface area (Å²) in [5.41, 5.74) is 0. The zero-order valence-electron chi connectivity index (χ0n) is 8.57. The normalized spacial score (nSPS) is 24.6. The molecule has 2 fully saturated rings. The van der Waals surface area contributed by atoms with E-state index in [1.54, 1.807) is 0 Å². The van der Waals surface area contributed by atoms with Gasteiger partial charge in [-0.15, -0.1) is 0 Å². The molecule has 14 heavy (non-hydrogen) atoms. The fraction of sp³-hybridized carbons (Fsp3) is 0.900. The number of amides is 1. The number of hydrogen-bond donors (Lipinski definition) is 0. The van der Waals surface area contributed by atoms with Crippen molar-refractivity contribution in [3.63, 3.8) is 0 Å². The van der Waals surface area contributed by atoms with E-state index < -0.39 is 0 Å². The summed E-state index contributed by atoms with van der Waals surface area (Å²) < 4.78 is 5.27. The number of rotatable bonds is 3. The summed E-state index contributed by atoms with van der Waals surface area (Å²) >= 11 is 0. The van der Waals surface area contributed by atoms with Crippen LogP contribution in [0, 0.1) is 0 Å². The Morgan fingerprint density at radius 2 is 1.93 bits per heavy atom. The minimum absolute atomic E-state index is 0.332. The Labute approximate surface area is 84.8 Å². The second-order valence-electron chi connectivity index (χ2n) is 3.94. The third kappa shape index (κ3) is 2.45. The first-order valence-electron chi connectivity index (χ1n) is 5.44. The number of nitrogens with zero attached hydrogens (tertiary/aromatic N) is 2. The van der Waals surface area contributed by atoms with Crippen molar-refractivity contribution in [2.45, 2.75) is 12.8 Å². The van der Waals surface area contributed by atoms with E-state index in [0.717, 1.165) is 58.8 Å². The summed E-state index contributed by atoms with van der Waals surface area (Å²) in [5.74, 6) is 0.332. The van der Waals surface area contributed by atoms with Crippen LogP contribution in [0.15, 0.2) is 0 Å². The zero-order chi connectivity index (χ0) is 9.80. The van der Waals surface area contributed by atoms with Gasteiger partial charge in [0.1, 0.15) is 0 Å². The highest BCUT2D eigenvalue weighted by atomic mass is 16.5. The zero-order valence-corrected chi connectivity index (χ0v) is 8.57. The lowest BCUT2D eigenvalue weighted by molar-refractivity contribution is -0.127. The SMILES string of the molecule is O=C1CCCN1CCN1CCOCC1. The van der Waals surface area contributed by atoms with Crippen molar-refractivity contribution in [3.8, 4) is 0 Å². The van der Waals surface area contributed by atoms with Gasteiger partial charge in [0.15, 0.2) is 0 Å². The van der Waals surface area contributed by atoms with Gasteiger partial charge in [-0.05, 0) is 6.42 Å². The first-order chi connectivity index (χ1) is 6.86. The number of likely N-dealkylation sites (tertiary alicyclic amines) is 1. The average Bonchev–Trinajstić information content (AvgIpc) is 2.63. The lowest BCUT2D eigenvalue weighted by Crippen LogP contribution is -2.41. The summed E-state index contributed by atoms with van der Waals surface area (Å²) in [7, 11) is 0. The van der Waals surface area contributed by atoms with Crippen LogP contribution < -0.4 is 0 Å². The van der Waals surface area contributed by atoms with Gasteiger partial charge in [-0.3, -0.25) is 9.69 Å². The lowest BCUT2D eigenvalue weighted by atomic mass is 10.4. The maximum atomic E-state index is 11.3. The molecular weight excluding hydrogens is 180 g/mol. The summed E-state index contributed by atoms with van der Waals surface area (Å²) in [6.45, 7) is 6.59. The Balaban J connectivity index is 1.68. The maximum Gasteiger partial charge on any atom is 0.222 e. The van der Waals surface area contributed by atoms with Crippen molar-refractivity contribution < 1.29 is 9.53 Å². The molecule has 2 rings (SSSR count). The molecule has 2 aliphatic rings. The van der Waals surface area contributed by atoms with Crippen molar-refractivity contribution >= 4 is 5.91 Å². The lowest BCUT2D eigenvalue weighted by Gasteiger charge is -2.28. The second-order valence-corrected chi connectivity index (χ2v) is 3.94.